The molecule has 2 N–H and O–H groups in total. The van der Waals surface area contributed by atoms with Crippen LogP contribution >= 0.6 is 0 Å². The Morgan fingerprint density at radius 3 is 2.57 bits per heavy atom. The molecular weight excluding hydrogens is 266 g/mol. The van der Waals surface area contributed by atoms with Gasteiger partial charge >= 0.3 is 0 Å². The Bertz CT molecular complexity index is 458. The summed E-state index contributed by atoms with van der Waals surface area (Å²) in [7, 11) is 1.67. The van der Waals surface area contributed by atoms with Crippen LogP contribution in [0.3, 0.4) is 0 Å². The van der Waals surface area contributed by atoms with Crippen molar-refractivity contribution in [2.24, 2.45) is 17.1 Å². The van der Waals surface area contributed by atoms with Crippen molar-refractivity contribution in [1.82, 2.24) is 0 Å². The summed E-state index contributed by atoms with van der Waals surface area (Å²) < 4.78 is 17.0. The number of rotatable bonds is 7. The van der Waals surface area contributed by atoms with Gasteiger partial charge in [0.15, 0.2) is 0 Å². The Morgan fingerprint density at radius 1 is 1.24 bits per heavy atom. The zero-order valence-corrected chi connectivity index (χ0v) is 12.7. The van der Waals surface area contributed by atoms with Crippen molar-refractivity contribution < 1.29 is 14.2 Å². The standard InChI is InChI=1S/C17H25NO3/c1-19-14-4-6-15(7-5-14)20-10-8-17(12-18)9-11-21-16(17)13-2-3-13/h4-7,13,16H,2-3,8-12,18H2,1H3. The molecule has 116 valence electrons. The molecule has 3 rings (SSSR count). The van der Waals surface area contributed by atoms with Gasteiger partial charge in [-0.2, -0.15) is 0 Å². The van der Waals surface area contributed by atoms with E-state index in [4.69, 9.17) is 19.9 Å². The van der Waals surface area contributed by atoms with E-state index < -0.39 is 0 Å². The molecule has 2 fully saturated rings. The van der Waals surface area contributed by atoms with Gasteiger partial charge in [0.25, 0.3) is 0 Å². The lowest BCUT2D eigenvalue weighted by atomic mass is 9.76. The molecule has 1 saturated heterocycles. The fourth-order valence-corrected chi connectivity index (χ4v) is 3.37. The highest BCUT2D eigenvalue weighted by molar-refractivity contribution is 5.31. The first-order chi connectivity index (χ1) is 10.3. The minimum absolute atomic E-state index is 0.119. The third-order valence-corrected chi connectivity index (χ3v) is 4.89. The molecule has 1 aliphatic carbocycles. The third-order valence-electron chi connectivity index (χ3n) is 4.89. The SMILES string of the molecule is COc1ccc(OCCC2(CN)CCOC2C2CC2)cc1. The maximum absolute atomic E-state index is 6.09. The van der Waals surface area contributed by atoms with Gasteiger partial charge in [-0.05, 0) is 55.9 Å². The second-order valence-corrected chi connectivity index (χ2v) is 6.22. The molecule has 0 amide bonds. The van der Waals surface area contributed by atoms with Crippen molar-refractivity contribution in [1.29, 1.82) is 0 Å². The van der Waals surface area contributed by atoms with Crippen LogP contribution in [0.5, 0.6) is 11.5 Å². The Labute approximate surface area is 126 Å². The highest BCUT2D eigenvalue weighted by Gasteiger charge is 2.49. The first-order valence-corrected chi connectivity index (χ1v) is 7.86. The molecule has 2 unspecified atom stereocenters. The second kappa shape index (κ2) is 6.24. The largest absolute Gasteiger partial charge is 0.497 e. The lowest BCUT2D eigenvalue weighted by Gasteiger charge is -2.33. The van der Waals surface area contributed by atoms with Crippen molar-refractivity contribution in [3.05, 3.63) is 24.3 Å². The quantitative estimate of drug-likeness (QED) is 0.839. The lowest BCUT2D eigenvalue weighted by molar-refractivity contribution is 0.0244. The van der Waals surface area contributed by atoms with Crippen LogP contribution in [0, 0.1) is 11.3 Å². The molecule has 0 aromatic heterocycles. The molecule has 0 spiro atoms. The minimum atomic E-state index is 0.119. The number of hydrogen-bond donors (Lipinski definition) is 1. The maximum Gasteiger partial charge on any atom is 0.119 e. The number of benzene rings is 1. The second-order valence-electron chi connectivity index (χ2n) is 6.22. The highest BCUT2D eigenvalue weighted by Crippen LogP contribution is 2.49. The molecule has 1 aromatic rings. The van der Waals surface area contributed by atoms with E-state index in [0.29, 0.717) is 19.3 Å². The van der Waals surface area contributed by atoms with Crippen LogP contribution in [0.15, 0.2) is 24.3 Å². The van der Waals surface area contributed by atoms with E-state index in [1.54, 1.807) is 7.11 Å². The summed E-state index contributed by atoms with van der Waals surface area (Å²) in [5.74, 6) is 2.46. The molecule has 4 heteroatoms. The molecule has 0 radical (unpaired) electrons. The average Bonchev–Trinajstić information content (AvgIpc) is 3.29. The van der Waals surface area contributed by atoms with Crippen LogP contribution in [0.4, 0.5) is 0 Å². The first-order valence-electron chi connectivity index (χ1n) is 7.86. The maximum atomic E-state index is 6.09. The molecule has 1 aromatic carbocycles. The van der Waals surface area contributed by atoms with E-state index in [-0.39, 0.29) is 5.41 Å². The van der Waals surface area contributed by atoms with Crippen molar-refractivity contribution >= 4 is 0 Å². The smallest absolute Gasteiger partial charge is 0.119 e. The molecule has 1 saturated carbocycles. The summed E-state index contributed by atoms with van der Waals surface area (Å²) in [4.78, 5) is 0. The van der Waals surface area contributed by atoms with E-state index >= 15 is 0 Å². The van der Waals surface area contributed by atoms with Crippen LogP contribution in [0.25, 0.3) is 0 Å². The molecular formula is C17H25NO3. The van der Waals surface area contributed by atoms with E-state index in [2.05, 4.69) is 0 Å². The van der Waals surface area contributed by atoms with Crippen LogP contribution in [-0.2, 0) is 4.74 Å². The number of ether oxygens (including phenoxy) is 3. The van der Waals surface area contributed by atoms with Crippen molar-refractivity contribution in [3.8, 4) is 11.5 Å². The molecule has 4 nitrogen and oxygen atoms in total. The van der Waals surface area contributed by atoms with Gasteiger partial charge in [-0.15, -0.1) is 0 Å². The number of hydrogen-bond acceptors (Lipinski definition) is 4. The Hall–Kier alpha value is -1.26. The van der Waals surface area contributed by atoms with Crippen molar-refractivity contribution in [2.45, 2.75) is 31.8 Å². The van der Waals surface area contributed by atoms with Crippen LogP contribution in [0.1, 0.15) is 25.7 Å². The normalized spacial score (nSPS) is 28.6. The predicted octanol–water partition coefficient (Wildman–Crippen LogP) is 2.61. The molecule has 21 heavy (non-hydrogen) atoms. The molecule has 2 aliphatic rings. The summed E-state index contributed by atoms with van der Waals surface area (Å²) in [5, 5.41) is 0. The number of methoxy groups -OCH3 is 1. The van der Waals surface area contributed by atoms with Gasteiger partial charge < -0.3 is 19.9 Å². The Morgan fingerprint density at radius 2 is 1.95 bits per heavy atom. The zero-order valence-electron chi connectivity index (χ0n) is 12.7. The van der Waals surface area contributed by atoms with Crippen molar-refractivity contribution in [3.63, 3.8) is 0 Å². The van der Waals surface area contributed by atoms with Crippen LogP contribution < -0.4 is 15.2 Å². The van der Waals surface area contributed by atoms with E-state index in [1.165, 1.54) is 12.8 Å². The highest BCUT2D eigenvalue weighted by atomic mass is 16.5. The van der Waals surface area contributed by atoms with E-state index in [9.17, 15) is 0 Å². The Balaban J connectivity index is 1.55. The van der Waals surface area contributed by atoms with Gasteiger partial charge in [0.2, 0.25) is 0 Å². The van der Waals surface area contributed by atoms with Gasteiger partial charge in [0.05, 0.1) is 19.8 Å². The Kier molecular flexibility index (Phi) is 4.36. The van der Waals surface area contributed by atoms with Crippen molar-refractivity contribution in [2.75, 3.05) is 26.9 Å². The summed E-state index contributed by atoms with van der Waals surface area (Å²) in [5.41, 5.74) is 6.21. The van der Waals surface area contributed by atoms with Gasteiger partial charge in [-0.1, -0.05) is 0 Å². The molecule has 0 bridgehead atoms. The van der Waals surface area contributed by atoms with Gasteiger partial charge in [0.1, 0.15) is 11.5 Å². The summed E-state index contributed by atoms with van der Waals surface area (Å²) in [6.07, 6.45) is 4.98. The molecule has 2 atom stereocenters. The third kappa shape index (κ3) is 3.16. The number of nitrogens with two attached hydrogens (primary N) is 1. The van der Waals surface area contributed by atoms with E-state index in [0.717, 1.165) is 36.9 Å². The van der Waals surface area contributed by atoms with Crippen LogP contribution in [0.2, 0.25) is 0 Å². The summed E-state index contributed by atoms with van der Waals surface area (Å²) in [6.45, 7) is 2.23. The van der Waals surface area contributed by atoms with E-state index in [1.807, 2.05) is 24.3 Å². The molecule has 1 heterocycles. The minimum Gasteiger partial charge on any atom is -0.497 e. The summed E-state index contributed by atoms with van der Waals surface area (Å²) in [6, 6.07) is 7.72. The van der Waals surface area contributed by atoms with Gasteiger partial charge in [-0.25, -0.2) is 0 Å². The fraction of sp³-hybridized carbons (Fsp3) is 0.647. The topological polar surface area (TPSA) is 53.7 Å². The zero-order chi connectivity index (χ0) is 14.7. The monoisotopic (exact) mass is 291 g/mol. The van der Waals surface area contributed by atoms with Gasteiger partial charge in [0, 0.05) is 18.6 Å². The van der Waals surface area contributed by atoms with Crippen LogP contribution in [-0.4, -0.2) is 33.0 Å². The van der Waals surface area contributed by atoms with Gasteiger partial charge in [-0.3, -0.25) is 0 Å². The predicted molar refractivity (Wildman–Crippen MR) is 81.7 cm³/mol. The molecule has 1 aliphatic heterocycles. The first kappa shape index (κ1) is 14.7. The average molecular weight is 291 g/mol. The fourth-order valence-electron chi connectivity index (χ4n) is 3.37. The lowest BCUT2D eigenvalue weighted by Crippen LogP contribution is -2.40. The summed E-state index contributed by atoms with van der Waals surface area (Å²) >= 11 is 0.